The Labute approximate surface area is 165 Å². The van der Waals surface area contributed by atoms with Crippen LogP contribution in [-0.4, -0.2) is 46.0 Å². The Balaban J connectivity index is 0.000000706. The number of rotatable bonds is 5. The molecule has 0 bridgehead atoms. The topological polar surface area (TPSA) is 71.8 Å². The van der Waals surface area contributed by atoms with Crippen LogP contribution in [0.5, 0.6) is 0 Å². The highest BCUT2D eigenvalue weighted by atomic mass is 16.5. The van der Waals surface area contributed by atoms with E-state index in [2.05, 4.69) is 39.8 Å². The van der Waals surface area contributed by atoms with Crippen LogP contribution in [0.1, 0.15) is 47.5 Å². The van der Waals surface area contributed by atoms with E-state index in [0.717, 1.165) is 31.1 Å². The molecule has 0 spiro atoms. The average molecular weight is 384 g/mol. The van der Waals surface area contributed by atoms with Crippen LogP contribution >= 0.6 is 0 Å². The molecule has 2 fully saturated rings. The number of aromatic nitrogens is 1. The monoisotopic (exact) mass is 384 g/mol. The summed E-state index contributed by atoms with van der Waals surface area (Å²) in [5.41, 5.74) is 3.24. The van der Waals surface area contributed by atoms with Gasteiger partial charge < -0.3 is 14.4 Å². The molecule has 1 aliphatic carbocycles. The van der Waals surface area contributed by atoms with Crippen LogP contribution < -0.4 is 0 Å². The fourth-order valence-electron chi connectivity index (χ4n) is 3.76. The smallest absolute Gasteiger partial charge is 0.290 e. The van der Waals surface area contributed by atoms with E-state index in [9.17, 15) is 4.79 Å². The highest BCUT2D eigenvalue weighted by molar-refractivity contribution is 5.94. The number of ether oxygens (including phenoxy) is 1. The van der Waals surface area contributed by atoms with Gasteiger partial charge in [-0.25, -0.2) is 0 Å². The lowest BCUT2D eigenvalue weighted by Gasteiger charge is -2.38. The van der Waals surface area contributed by atoms with E-state index in [1.807, 2.05) is 19.3 Å². The third kappa shape index (κ3) is 5.09. The van der Waals surface area contributed by atoms with Gasteiger partial charge in [0.2, 0.25) is 0 Å². The molecule has 1 aliphatic heterocycles. The molecule has 2 aliphatic rings. The molecule has 150 valence electrons. The number of carbonyl (C=O) groups is 2. The summed E-state index contributed by atoms with van der Waals surface area (Å²) in [6.07, 6.45) is 4.97. The van der Waals surface area contributed by atoms with Crippen LogP contribution in [0.4, 0.5) is 0 Å². The quantitative estimate of drug-likeness (QED) is 0.633. The lowest BCUT2D eigenvalue weighted by Crippen LogP contribution is -2.44. The van der Waals surface area contributed by atoms with Crippen LogP contribution in [0.3, 0.4) is 0 Å². The summed E-state index contributed by atoms with van der Waals surface area (Å²) in [6.45, 7) is 4.12. The average Bonchev–Trinajstić information content (AvgIpc) is 3.47. The predicted octanol–water partition coefficient (Wildman–Crippen LogP) is 3.28. The molecule has 1 saturated heterocycles. The molecule has 28 heavy (non-hydrogen) atoms. The van der Waals surface area contributed by atoms with Crippen molar-refractivity contribution in [2.45, 2.75) is 38.5 Å². The summed E-state index contributed by atoms with van der Waals surface area (Å²) in [7, 11) is 2.02. The second kappa shape index (κ2) is 9.17. The third-order valence-corrected chi connectivity index (χ3v) is 5.42. The summed E-state index contributed by atoms with van der Waals surface area (Å²) in [5.74, 6) is 0.844. The number of hydrogen-bond donors (Lipinski definition) is 1. The molecule has 0 unspecified atom stereocenters. The molecule has 1 N–H and O–H groups in total. The van der Waals surface area contributed by atoms with Crippen LogP contribution in [-0.2, 0) is 23.1 Å². The lowest BCUT2D eigenvalue weighted by atomic mass is 10.0. The summed E-state index contributed by atoms with van der Waals surface area (Å²) in [6, 6.07) is 12.6. The van der Waals surface area contributed by atoms with Crippen LogP contribution in [0.15, 0.2) is 42.6 Å². The number of carbonyl (C=O) groups excluding carboxylic acids is 1. The molecule has 1 saturated carbocycles. The zero-order chi connectivity index (χ0) is 20.1. The Morgan fingerprint density at radius 2 is 1.93 bits per heavy atom. The van der Waals surface area contributed by atoms with Gasteiger partial charge in [0.25, 0.3) is 6.47 Å². The SMILES string of the molecule is CC(=O)c1cc(CN2C[C@@H](c3ccccc3)O[C@@H](C3CC3)C2)n(C)c1.O=CO. The fraction of sp³-hybridized carbons (Fsp3) is 0.455. The van der Waals surface area contributed by atoms with Crippen molar-refractivity contribution in [1.82, 2.24) is 9.47 Å². The van der Waals surface area contributed by atoms with Gasteiger partial charge in [0.15, 0.2) is 5.78 Å². The van der Waals surface area contributed by atoms with Crippen molar-refractivity contribution in [3.8, 4) is 0 Å². The Kier molecular flexibility index (Phi) is 6.65. The molecule has 1 aromatic heterocycles. The highest BCUT2D eigenvalue weighted by Gasteiger charge is 2.38. The van der Waals surface area contributed by atoms with Gasteiger partial charge in [-0.3, -0.25) is 14.5 Å². The van der Waals surface area contributed by atoms with Crippen LogP contribution in [0.2, 0.25) is 0 Å². The number of hydrogen-bond acceptors (Lipinski definition) is 4. The largest absolute Gasteiger partial charge is 0.483 e. The first-order valence-electron chi connectivity index (χ1n) is 9.68. The van der Waals surface area contributed by atoms with E-state index in [1.54, 1.807) is 6.92 Å². The number of ketones is 1. The number of Topliss-reactive ketones (excluding diaryl/α,β-unsaturated/α-hetero) is 1. The van der Waals surface area contributed by atoms with Gasteiger partial charge in [-0.15, -0.1) is 0 Å². The normalized spacial score (nSPS) is 22.2. The third-order valence-electron chi connectivity index (χ3n) is 5.42. The number of morpholine rings is 1. The Hall–Kier alpha value is -2.44. The molecular weight excluding hydrogens is 356 g/mol. The summed E-state index contributed by atoms with van der Waals surface area (Å²) in [4.78, 5) is 22.5. The maximum Gasteiger partial charge on any atom is 0.290 e. The maximum atomic E-state index is 11.6. The molecule has 2 atom stereocenters. The molecule has 2 heterocycles. The summed E-state index contributed by atoms with van der Waals surface area (Å²) in [5, 5.41) is 6.89. The van der Waals surface area contributed by atoms with E-state index >= 15 is 0 Å². The van der Waals surface area contributed by atoms with Crippen molar-refractivity contribution in [1.29, 1.82) is 0 Å². The van der Waals surface area contributed by atoms with E-state index in [0.29, 0.717) is 6.10 Å². The zero-order valence-electron chi connectivity index (χ0n) is 16.5. The molecular formula is C22H28N2O4. The van der Waals surface area contributed by atoms with E-state index in [1.165, 1.54) is 24.1 Å². The predicted molar refractivity (Wildman–Crippen MR) is 106 cm³/mol. The van der Waals surface area contributed by atoms with Gasteiger partial charge in [0.05, 0.1) is 12.2 Å². The number of benzene rings is 1. The minimum Gasteiger partial charge on any atom is -0.483 e. The van der Waals surface area contributed by atoms with Gasteiger partial charge in [-0.2, -0.15) is 0 Å². The minimum atomic E-state index is -0.250. The van der Waals surface area contributed by atoms with Gasteiger partial charge >= 0.3 is 0 Å². The van der Waals surface area contributed by atoms with Gasteiger partial charge in [0, 0.05) is 44.1 Å². The number of carboxylic acid groups (broad SMARTS) is 1. The van der Waals surface area contributed by atoms with Crippen LogP contribution in [0.25, 0.3) is 0 Å². The minimum absolute atomic E-state index is 0.127. The number of nitrogens with zero attached hydrogens (tertiary/aromatic N) is 2. The van der Waals surface area contributed by atoms with E-state index < -0.39 is 0 Å². The molecule has 6 heteroatoms. The zero-order valence-corrected chi connectivity index (χ0v) is 16.5. The van der Waals surface area contributed by atoms with Crippen molar-refractivity contribution >= 4 is 12.3 Å². The van der Waals surface area contributed by atoms with Crippen molar-refractivity contribution < 1.29 is 19.4 Å². The molecule has 2 aromatic rings. The van der Waals surface area contributed by atoms with Crippen molar-refractivity contribution in [3.63, 3.8) is 0 Å². The maximum absolute atomic E-state index is 11.6. The Bertz CT molecular complexity index is 798. The number of aryl methyl sites for hydroxylation is 1. The van der Waals surface area contributed by atoms with Gasteiger partial charge in [-0.1, -0.05) is 30.3 Å². The molecule has 1 aromatic carbocycles. The highest BCUT2D eigenvalue weighted by Crippen LogP contribution is 2.39. The lowest BCUT2D eigenvalue weighted by molar-refractivity contribution is -0.122. The van der Waals surface area contributed by atoms with Crippen molar-refractivity contribution in [3.05, 3.63) is 59.4 Å². The van der Waals surface area contributed by atoms with Gasteiger partial charge in [0.1, 0.15) is 0 Å². The first-order chi connectivity index (χ1) is 13.5. The second-order valence-corrected chi connectivity index (χ2v) is 7.60. The fourth-order valence-corrected chi connectivity index (χ4v) is 3.76. The Morgan fingerprint density at radius 1 is 1.25 bits per heavy atom. The first-order valence-corrected chi connectivity index (χ1v) is 9.68. The molecule has 0 radical (unpaired) electrons. The molecule has 0 amide bonds. The van der Waals surface area contributed by atoms with Crippen molar-refractivity contribution in [2.24, 2.45) is 13.0 Å². The van der Waals surface area contributed by atoms with E-state index in [4.69, 9.17) is 14.6 Å². The van der Waals surface area contributed by atoms with Crippen molar-refractivity contribution in [2.75, 3.05) is 13.1 Å². The Morgan fingerprint density at radius 3 is 2.50 bits per heavy atom. The first kappa shape index (κ1) is 20.3. The molecule has 6 nitrogen and oxygen atoms in total. The molecule has 4 rings (SSSR count). The standard InChI is InChI=1S/C21H26N2O2.CH2O2/c1-15(24)18-10-19(22(2)11-18)12-23-13-20(16-6-4-3-5-7-16)25-21(14-23)17-8-9-17;2-1-3/h3-7,10-11,17,20-21H,8-9,12-14H2,1-2H3;1H,(H,2,3)/t20-,21+;/m0./s1. The van der Waals surface area contributed by atoms with Gasteiger partial charge in [-0.05, 0) is 37.3 Å². The summed E-state index contributed by atoms with van der Waals surface area (Å²) >= 11 is 0. The van der Waals surface area contributed by atoms with E-state index in [-0.39, 0.29) is 18.4 Å². The second-order valence-electron chi connectivity index (χ2n) is 7.60. The summed E-state index contributed by atoms with van der Waals surface area (Å²) < 4.78 is 8.51. The van der Waals surface area contributed by atoms with Crippen LogP contribution in [0, 0.1) is 5.92 Å².